The van der Waals surface area contributed by atoms with Crippen molar-refractivity contribution < 1.29 is 9.90 Å². The van der Waals surface area contributed by atoms with Crippen molar-refractivity contribution in [3.05, 3.63) is 23.9 Å². The number of aliphatic hydroxyl groups is 1. The predicted octanol–water partition coefficient (Wildman–Crippen LogP) is 0.334. The third kappa shape index (κ3) is 4.68. The Balaban J connectivity index is 1.95. The summed E-state index contributed by atoms with van der Waals surface area (Å²) in [5.41, 5.74) is 0.615. The van der Waals surface area contributed by atoms with E-state index in [4.69, 9.17) is 0 Å². The number of pyridine rings is 1. The topological polar surface area (TPSA) is 68.7 Å². The zero-order valence-electron chi connectivity index (χ0n) is 12.7. The number of carbonyl (C=O) groups excluding carboxylic acids is 1. The molecule has 1 aromatic heterocycles. The van der Waals surface area contributed by atoms with Gasteiger partial charge in [0.1, 0.15) is 5.82 Å². The fourth-order valence-electron chi connectivity index (χ4n) is 2.26. The molecule has 0 aliphatic carbocycles. The average molecular weight is 292 g/mol. The number of nitrogens with zero attached hydrogens (tertiary/aromatic N) is 3. The average Bonchev–Trinajstić information content (AvgIpc) is 2.47. The van der Waals surface area contributed by atoms with Crippen LogP contribution in [0.1, 0.15) is 23.7 Å². The van der Waals surface area contributed by atoms with Gasteiger partial charge in [-0.15, -0.1) is 0 Å². The molecule has 116 valence electrons. The van der Waals surface area contributed by atoms with Gasteiger partial charge in [0.2, 0.25) is 0 Å². The van der Waals surface area contributed by atoms with Gasteiger partial charge in [0.05, 0.1) is 6.10 Å². The zero-order valence-corrected chi connectivity index (χ0v) is 12.7. The van der Waals surface area contributed by atoms with Crippen LogP contribution in [0.25, 0.3) is 0 Å². The van der Waals surface area contributed by atoms with Crippen LogP contribution in [0.5, 0.6) is 0 Å². The van der Waals surface area contributed by atoms with Crippen LogP contribution < -0.4 is 10.2 Å². The molecule has 1 saturated heterocycles. The lowest BCUT2D eigenvalue weighted by Crippen LogP contribution is -2.44. The van der Waals surface area contributed by atoms with E-state index in [-0.39, 0.29) is 5.91 Å². The largest absolute Gasteiger partial charge is 0.393 e. The molecule has 2 N–H and O–H groups in total. The number of carbonyl (C=O) groups is 1. The van der Waals surface area contributed by atoms with E-state index < -0.39 is 6.10 Å². The van der Waals surface area contributed by atoms with Crippen LogP contribution in [-0.2, 0) is 0 Å². The van der Waals surface area contributed by atoms with Gasteiger partial charge in [-0.1, -0.05) is 0 Å². The minimum atomic E-state index is -0.399. The van der Waals surface area contributed by atoms with E-state index in [2.05, 4.69) is 27.1 Å². The zero-order chi connectivity index (χ0) is 15.2. The maximum Gasteiger partial charge on any atom is 0.251 e. The van der Waals surface area contributed by atoms with E-state index in [0.29, 0.717) is 18.5 Å². The van der Waals surface area contributed by atoms with Gasteiger partial charge in [0, 0.05) is 44.5 Å². The summed E-state index contributed by atoms with van der Waals surface area (Å²) >= 11 is 0. The number of piperazine rings is 1. The van der Waals surface area contributed by atoms with Crippen molar-refractivity contribution in [3.63, 3.8) is 0 Å². The molecule has 0 aromatic carbocycles. The molecule has 21 heavy (non-hydrogen) atoms. The molecule has 1 fully saturated rings. The Morgan fingerprint density at radius 3 is 2.81 bits per heavy atom. The van der Waals surface area contributed by atoms with Gasteiger partial charge in [-0.3, -0.25) is 4.79 Å². The summed E-state index contributed by atoms with van der Waals surface area (Å²) in [6.07, 6.45) is 1.84. The molecule has 2 rings (SSSR count). The number of anilines is 1. The van der Waals surface area contributed by atoms with Crippen LogP contribution in [0.2, 0.25) is 0 Å². The third-order valence-electron chi connectivity index (χ3n) is 3.68. The highest BCUT2D eigenvalue weighted by Gasteiger charge is 2.16. The molecule has 2 heterocycles. The van der Waals surface area contributed by atoms with Crippen LogP contribution in [-0.4, -0.2) is 66.8 Å². The smallest absolute Gasteiger partial charge is 0.251 e. The Labute approximate surface area is 125 Å². The lowest BCUT2D eigenvalue weighted by molar-refractivity contribution is 0.0945. The SMILES string of the molecule is CC(O)CCNC(=O)c1ccnc(N2CCN(C)CC2)c1. The molecule has 1 aromatic rings. The summed E-state index contributed by atoms with van der Waals surface area (Å²) < 4.78 is 0. The van der Waals surface area contributed by atoms with Gasteiger partial charge in [0.25, 0.3) is 5.91 Å². The maximum atomic E-state index is 12.1. The van der Waals surface area contributed by atoms with Gasteiger partial charge in [-0.05, 0) is 32.5 Å². The number of aromatic nitrogens is 1. The highest BCUT2D eigenvalue weighted by atomic mass is 16.3. The van der Waals surface area contributed by atoms with Crippen molar-refractivity contribution in [2.75, 3.05) is 44.7 Å². The number of hydrogen-bond donors (Lipinski definition) is 2. The second-order valence-electron chi connectivity index (χ2n) is 5.59. The Morgan fingerprint density at radius 2 is 2.14 bits per heavy atom. The van der Waals surface area contributed by atoms with Gasteiger partial charge in [0.15, 0.2) is 0 Å². The second kappa shape index (κ2) is 7.38. The van der Waals surface area contributed by atoms with Crippen LogP contribution in [0, 0.1) is 0 Å². The van der Waals surface area contributed by atoms with Gasteiger partial charge < -0.3 is 20.2 Å². The van der Waals surface area contributed by atoms with E-state index in [1.165, 1.54) is 0 Å². The molecule has 0 bridgehead atoms. The molecule has 1 atom stereocenters. The van der Waals surface area contributed by atoms with E-state index in [1.807, 2.05) is 6.07 Å². The Bertz CT molecular complexity index is 470. The van der Waals surface area contributed by atoms with Crippen molar-refractivity contribution in [3.8, 4) is 0 Å². The van der Waals surface area contributed by atoms with E-state index in [9.17, 15) is 9.90 Å². The normalized spacial score (nSPS) is 17.6. The lowest BCUT2D eigenvalue weighted by atomic mass is 10.2. The minimum absolute atomic E-state index is 0.117. The summed E-state index contributed by atoms with van der Waals surface area (Å²) in [4.78, 5) is 20.9. The quantitative estimate of drug-likeness (QED) is 0.819. The summed E-state index contributed by atoms with van der Waals surface area (Å²) in [5, 5.41) is 12.0. The standard InChI is InChI=1S/C15H24N4O2/c1-12(20)3-5-17-15(21)13-4-6-16-14(11-13)19-9-7-18(2)8-10-19/h4,6,11-12,20H,3,5,7-10H2,1-2H3,(H,17,21). The number of rotatable bonds is 5. The molecular weight excluding hydrogens is 268 g/mol. The maximum absolute atomic E-state index is 12.1. The van der Waals surface area contributed by atoms with Gasteiger partial charge in [-0.2, -0.15) is 0 Å². The molecule has 0 saturated carbocycles. The number of amides is 1. The molecule has 1 aliphatic heterocycles. The fraction of sp³-hybridized carbons (Fsp3) is 0.600. The first kappa shape index (κ1) is 15.7. The Hall–Kier alpha value is -1.66. The molecule has 1 amide bonds. The number of likely N-dealkylation sites (N-methyl/N-ethyl adjacent to an activating group) is 1. The summed E-state index contributed by atoms with van der Waals surface area (Å²) in [5.74, 6) is 0.736. The minimum Gasteiger partial charge on any atom is -0.393 e. The van der Waals surface area contributed by atoms with Crippen LogP contribution in [0.15, 0.2) is 18.3 Å². The van der Waals surface area contributed by atoms with E-state index >= 15 is 0 Å². The highest BCUT2D eigenvalue weighted by Crippen LogP contribution is 2.14. The second-order valence-corrected chi connectivity index (χ2v) is 5.59. The van der Waals surface area contributed by atoms with Gasteiger partial charge >= 0.3 is 0 Å². The van der Waals surface area contributed by atoms with Crippen molar-refractivity contribution in [2.24, 2.45) is 0 Å². The van der Waals surface area contributed by atoms with E-state index in [0.717, 1.165) is 32.0 Å². The van der Waals surface area contributed by atoms with Crippen molar-refractivity contribution >= 4 is 11.7 Å². The Morgan fingerprint density at radius 1 is 1.43 bits per heavy atom. The molecule has 1 aliphatic rings. The van der Waals surface area contributed by atoms with Crippen molar-refractivity contribution in [1.29, 1.82) is 0 Å². The van der Waals surface area contributed by atoms with Crippen molar-refractivity contribution in [1.82, 2.24) is 15.2 Å². The monoisotopic (exact) mass is 292 g/mol. The molecule has 0 radical (unpaired) electrons. The first-order chi connectivity index (χ1) is 10.1. The first-order valence-electron chi connectivity index (χ1n) is 7.42. The summed E-state index contributed by atoms with van der Waals surface area (Å²) in [6, 6.07) is 3.56. The predicted molar refractivity (Wildman–Crippen MR) is 82.6 cm³/mol. The fourth-order valence-corrected chi connectivity index (χ4v) is 2.26. The third-order valence-corrected chi connectivity index (χ3v) is 3.68. The summed E-state index contributed by atoms with van der Waals surface area (Å²) in [6.45, 7) is 6.05. The molecular formula is C15H24N4O2. The first-order valence-corrected chi connectivity index (χ1v) is 7.42. The molecule has 0 spiro atoms. The lowest BCUT2D eigenvalue weighted by Gasteiger charge is -2.33. The molecule has 1 unspecified atom stereocenters. The molecule has 6 nitrogen and oxygen atoms in total. The number of nitrogens with one attached hydrogen (secondary N) is 1. The van der Waals surface area contributed by atoms with Crippen LogP contribution in [0.3, 0.4) is 0 Å². The number of aliphatic hydroxyl groups excluding tert-OH is 1. The highest BCUT2D eigenvalue weighted by molar-refractivity contribution is 5.94. The van der Waals surface area contributed by atoms with Crippen LogP contribution >= 0.6 is 0 Å². The van der Waals surface area contributed by atoms with Crippen LogP contribution in [0.4, 0.5) is 5.82 Å². The Kier molecular flexibility index (Phi) is 5.52. The number of hydrogen-bond acceptors (Lipinski definition) is 5. The van der Waals surface area contributed by atoms with Gasteiger partial charge in [-0.25, -0.2) is 4.98 Å². The molecule has 6 heteroatoms. The van der Waals surface area contributed by atoms with E-state index in [1.54, 1.807) is 19.2 Å². The summed E-state index contributed by atoms with van der Waals surface area (Å²) in [7, 11) is 2.11. The van der Waals surface area contributed by atoms with Crippen molar-refractivity contribution in [2.45, 2.75) is 19.4 Å².